The fourth-order valence-corrected chi connectivity index (χ4v) is 13.5. The first-order valence-electron chi connectivity index (χ1n) is 32.8. The first kappa shape index (κ1) is 74.4. The van der Waals surface area contributed by atoms with Gasteiger partial charge in [-0.05, 0) is 138 Å². The fourth-order valence-electron chi connectivity index (χ4n) is 13.5. The van der Waals surface area contributed by atoms with Crippen molar-refractivity contribution in [3.8, 4) is 11.5 Å². The van der Waals surface area contributed by atoms with Gasteiger partial charge in [0.15, 0.2) is 11.6 Å². The molecule has 0 radical (unpaired) electrons. The molecular formula is C71H87N10NaO15. The van der Waals surface area contributed by atoms with Gasteiger partial charge in [-0.15, -0.1) is 13.2 Å². The Kier molecular flexibility index (Phi) is 23.1. The van der Waals surface area contributed by atoms with Gasteiger partial charge in [0, 0.05) is 47.6 Å². The average Bonchev–Trinajstić information content (AvgIpc) is 1.60. The number of aromatic nitrogens is 2. The molecule has 2 aromatic carbocycles. The van der Waals surface area contributed by atoms with Crippen molar-refractivity contribution in [2.45, 2.75) is 206 Å². The molecule has 6 aliphatic rings. The number of aromatic carboxylic acids is 1. The van der Waals surface area contributed by atoms with Crippen molar-refractivity contribution in [2.75, 3.05) is 13.1 Å². The zero-order valence-electron chi connectivity index (χ0n) is 57.2. The third-order valence-corrected chi connectivity index (χ3v) is 19.2. The molecular weight excluding hydrogens is 1260 g/mol. The van der Waals surface area contributed by atoms with Gasteiger partial charge in [0.25, 0.3) is 5.78 Å². The van der Waals surface area contributed by atoms with E-state index >= 15 is 0 Å². The summed E-state index contributed by atoms with van der Waals surface area (Å²) in [5.74, 6) is -4.56. The number of aryl methyl sites for hydroxylation is 2. The molecule has 25 nitrogen and oxygen atoms in total. The predicted octanol–water partition coefficient (Wildman–Crippen LogP) is 4.10. The van der Waals surface area contributed by atoms with Crippen molar-refractivity contribution in [3.63, 3.8) is 0 Å². The number of ketones is 3. The Hall–Kier alpha value is -8.38. The van der Waals surface area contributed by atoms with Gasteiger partial charge in [0.2, 0.25) is 23.6 Å². The number of hydrogen-bond donors (Lipinski definition) is 4. The van der Waals surface area contributed by atoms with E-state index in [1.54, 1.807) is 57.2 Å². The molecule has 0 bridgehead atoms. The van der Waals surface area contributed by atoms with E-state index < -0.39 is 106 Å². The number of likely N-dealkylation sites (tertiary alicyclic amines) is 2. The molecule has 6 amide bonds. The smallest absolute Gasteiger partial charge is 0.543 e. The van der Waals surface area contributed by atoms with Gasteiger partial charge in [-0.2, -0.15) is 4.79 Å². The van der Waals surface area contributed by atoms with Crippen LogP contribution in [-0.2, 0) is 38.2 Å². The summed E-state index contributed by atoms with van der Waals surface area (Å²) in [6.45, 7) is 24.9. The van der Waals surface area contributed by atoms with Crippen molar-refractivity contribution in [3.05, 3.63) is 102 Å². The van der Waals surface area contributed by atoms with Crippen LogP contribution in [0.15, 0.2) is 73.8 Å². The minimum Gasteiger partial charge on any atom is -0.543 e. The molecule has 4 saturated carbocycles. The van der Waals surface area contributed by atoms with Crippen molar-refractivity contribution in [1.29, 1.82) is 0 Å². The van der Waals surface area contributed by atoms with Crippen LogP contribution in [0.2, 0.25) is 0 Å². The minimum absolute atomic E-state index is 0. The van der Waals surface area contributed by atoms with Crippen molar-refractivity contribution in [2.24, 2.45) is 22.7 Å². The standard InChI is InChI=1S/C36H44N6O7.C35H44N4O8.Na/c1-7-22-17-36(22,21(3)43)41-32(45)28-15-24(48-30-16-27(29(44)18-38-37)39-26-14-20(2)12-13-25(26)30)19-42(28)33(46)31(35(4,5)6)40-34(47)49-23-10-8-9-11-23;1-7-21-17-35(21,20(3)40)38-30(41)27-15-23(46-28-16-26(32(43)44)36-25-14-19(2)12-13-24(25)28)18-39(27)31(42)29(34(4,5)6)37-33(45)47-22-10-8-9-11-22;/h7,12-14,16,18,22-24,28,31H,1,8-11,15,17,19H2,2-6H3,(H,40,47)(H,41,45);7,12-14,16,21-23,27,29H,1,8-11,15,17-18H2,2-6H3,(H,37,45)(H,38,41)(H,43,44);/q;;+1/p-1/t22-,24-,28+,31-,36+;21-,23-,27+,29-,35+;/m11./s1. The first-order chi connectivity index (χ1) is 45.3. The van der Waals surface area contributed by atoms with Gasteiger partial charge in [-0.25, -0.2) is 19.6 Å². The number of carboxylic acid groups (broad SMARTS) is 1. The number of rotatable bonds is 21. The number of amides is 6. The number of pyridine rings is 2. The number of carboxylic acids is 1. The fraction of sp³-hybridized carbons (Fsp3) is 0.535. The third-order valence-electron chi connectivity index (χ3n) is 19.2. The molecule has 0 unspecified atom stereocenters. The number of benzene rings is 2. The molecule has 512 valence electrons. The molecule has 10 rings (SSSR count). The predicted molar refractivity (Wildman–Crippen MR) is 350 cm³/mol. The summed E-state index contributed by atoms with van der Waals surface area (Å²) in [4.78, 5) is 147. The Labute approximate surface area is 586 Å². The number of nitrogens with zero attached hydrogens (tertiary/aromatic N) is 6. The Balaban J connectivity index is 0.000000245. The van der Waals surface area contributed by atoms with Gasteiger partial charge in [0.05, 0.1) is 35.8 Å². The van der Waals surface area contributed by atoms with Crippen molar-refractivity contribution >= 4 is 87.2 Å². The molecule has 2 aliphatic heterocycles. The van der Waals surface area contributed by atoms with Crippen molar-refractivity contribution in [1.82, 2.24) is 41.0 Å². The average molecular weight is 1340 g/mol. The molecule has 4 N–H and O–H groups in total. The Morgan fingerprint density at radius 2 is 1.00 bits per heavy atom. The van der Waals surface area contributed by atoms with E-state index in [1.807, 2.05) is 46.8 Å². The molecule has 10 atom stereocenters. The van der Waals surface area contributed by atoms with E-state index in [2.05, 4.69) is 49.2 Å². The number of alkyl carbamates (subject to hydrolysis) is 2. The zero-order valence-corrected chi connectivity index (χ0v) is 59.2. The van der Waals surface area contributed by atoms with Gasteiger partial charge >= 0.3 is 48.0 Å². The zero-order chi connectivity index (χ0) is 69.9. The second kappa shape index (κ2) is 30.2. The SMILES string of the molecule is C=C[C@@H]1C[C@]1(NC(=O)[C@@H]1C[C@@H](Oc2cc(C(=O)C=[N+]=[N-])nc3cc(C)ccc23)CN1C(=O)[C@@H](NC(=O)OC1CCCC1)C(C)(C)C)C(C)=O.C=C[C@@H]1C[C@]1(NC(=O)[C@@H]1C[C@@H](Oc2cc(C(=O)[O-])nc3cc(C)ccc23)CN1C(=O)[C@@H](NC(=O)OC1CCCC1)C(C)(C)C)C(C)=O.[Na+]. The summed E-state index contributed by atoms with van der Waals surface area (Å²) in [7, 11) is 0. The molecule has 4 aliphatic carbocycles. The van der Waals surface area contributed by atoms with Crippen molar-refractivity contribution < 1.29 is 106 Å². The van der Waals surface area contributed by atoms with Gasteiger partial charge < -0.3 is 65.4 Å². The summed E-state index contributed by atoms with van der Waals surface area (Å²) in [6.07, 6.45) is 8.58. The maximum Gasteiger partial charge on any atom is 1.00 e. The van der Waals surface area contributed by atoms with E-state index in [9.17, 15) is 53.1 Å². The summed E-state index contributed by atoms with van der Waals surface area (Å²) < 4.78 is 24.0. The van der Waals surface area contributed by atoms with Gasteiger partial charge in [0.1, 0.15) is 76.9 Å². The number of Topliss-reactive ketones (excluding diaryl/α,β-unsaturated/α-hetero) is 3. The minimum atomic E-state index is -1.47. The number of ether oxygens (including phenoxy) is 4. The van der Waals surface area contributed by atoms with Crippen LogP contribution in [0.1, 0.15) is 165 Å². The van der Waals surface area contributed by atoms with Crippen LogP contribution in [0.5, 0.6) is 11.5 Å². The first-order valence-corrected chi connectivity index (χ1v) is 32.8. The second-order valence-electron chi connectivity index (χ2n) is 28.5. The van der Waals surface area contributed by atoms with E-state index in [-0.39, 0.29) is 114 Å². The second-order valence-corrected chi connectivity index (χ2v) is 28.5. The van der Waals surface area contributed by atoms with E-state index in [1.165, 1.54) is 35.8 Å². The normalized spacial score (nSPS) is 24.1. The van der Waals surface area contributed by atoms with Gasteiger partial charge in [-0.3, -0.25) is 33.6 Å². The molecule has 4 heterocycles. The van der Waals surface area contributed by atoms with E-state index in [4.69, 9.17) is 24.5 Å². The van der Waals surface area contributed by atoms with Crippen LogP contribution in [0.4, 0.5) is 9.59 Å². The molecule has 0 spiro atoms. The molecule has 2 aromatic heterocycles. The largest absolute Gasteiger partial charge is 1.00 e. The van der Waals surface area contributed by atoms with Crippen LogP contribution >= 0.6 is 0 Å². The Morgan fingerprint density at radius 1 is 0.619 bits per heavy atom. The molecule has 6 fully saturated rings. The van der Waals surface area contributed by atoms with Crippen LogP contribution in [0.25, 0.3) is 27.3 Å². The monoisotopic (exact) mass is 1340 g/mol. The third kappa shape index (κ3) is 17.0. The van der Waals surface area contributed by atoms with Crippen LogP contribution in [-0.4, -0.2) is 163 Å². The number of hydrogen-bond acceptors (Lipinski definition) is 17. The number of carbonyl (C=O) groups excluding carboxylic acids is 10. The topological polar surface area (TPSA) is 347 Å². The maximum absolute atomic E-state index is 14.4. The summed E-state index contributed by atoms with van der Waals surface area (Å²) in [5, 5.41) is 24.3. The molecule has 4 aromatic rings. The van der Waals surface area contributed by atoms with Crippen LogP contribution in [0, 0.1) is 36.5 Å². The Bertz CT molecular complexity index is 3850. The van der Waals surface area contributed by atoms with E-state index in [0.717, 1.165) is 68.7 Å². The van der Waals surface area contributed by atoms with Crippen LogP contribution < -0.4 is 65.4 Å². The molecule has 97 heavy (non-hydrogen) atoms. The maximum atomic E-state index is 14.4. The Morgan fingerprint density at radius 3 is 1.34 bits per heavy atom. The van der Waals surface area contributed by atoms with E-state index in [0.29, 0.717) is 34.6 Å². The van der Waals surface area contributed by atoms with Crippen LogP contribution in [0.3, 0.4) is 0 Å². The summed E-state index contributed by atoms with van der Waals surface area (Å²) in [5.41, 5.74) is 7.52. The molecule has 26 heteroatoms. The van der Waals surface area contributed by atoms with Gasteiger partial charge in [-0.1, -0.05) is 65.8 Å². The summed E-state index contributed by atoms with van der Waals surface area (Å²) >= 11 is 0. The number of fused-ring (bicyclic) bond motifs is 2. The summed E-state index contributed by atoms with van der Waals surface area (Å²) in [6, 6.07) is 9.30. The number of nitrogens with one attached hydrogen (secondary N) is 4. The quantitative estimate of drug-likeness (QED) is 0.0228. The number of carbonyl (C=O) groups is 10. The molecule has 2 saturated heterocycles.